The van der Waals surface area contributed by atoms with Crippen LogP contribution < -0.4 is 14.4 Å². The third-order valence-corrected chi connectivity index (χ3v) is 7.96. The number of sulfonamides is 1. The van der Waals surface area contributed by atoms with E-state index >= 15 is 0 Å². The Morgan fingerprint density at radius 3 is 2.35 bits per heavy atom. The van der Waals surface area contributed by atoms with Crippen molar-refractivity contribution in [2.24, 2.45) is 0 Å². The van der Waals surface area contributed by atoms with Crippen molar-refractivity contribution in [1.82, 2.24) is 15.1 Å². The summed E-state index contributed by atoms with van der Waals surface area (Å²) in [6.45, 7) is -0.208. The second-order valence-corrected chi connectivity index (χ2v) is 11.3. The van der Waals surface area contributed by atoms with Crippen molar-refractivity contribution in [2.45, 2.75) is 36.5 Å². The molecule has 3 N–H and O–H groups in total. The van der Waals surface area contributed by atoms with Crippen molar-refractivity contribution in [3.63, 3.8) is 0 Å². The van der Waals surface area contributed by atoms with Crippen molar-refractivity contribution < 1.29 is 54.2 Å². The molecule has 0 radical (unpaired) electrons. The zero-order valence-electron chi connectivity index (χ0n) is 21.6. The number of nitrogens with one attached hydrogen (secondary N) is 1. The molecule has 1 aliphatic rings. The zero-order valence-corrected chi connectivity index (χ0v) is 22.4. The third-order valence-electron chi connectivity index (χ3n) is 6.20. The van der Waals surface area contributed by atoms with Crippen LogP contribution >= 0.6 is 0 Å². The summed E-state index contributed by atoms with van der Waals surface area (Å²) in [5.74, 6) is -1.67. The van der Waals surface area contributed by atoms with Gasteiger partial charge in [0.05, 0.1) is 29.4 Å². The first-order valence-corrected chi connectivity index (χ1v) is 13.5. The second-order valence-electron chi connectivity index (χ2n) is 9.41. The lowest BCUT2D eigenvalue weighted by atomic mass is 10.1. The first-order valence-electron chi connectivity index (χ1n) is 12.0. The third kappa shape index (κ3) is 5.93. The van der Waals surface area contributed by atoms with Crippen LogP contribution in [-0.4, -0.2) is 46.7 Å². The molecule has 0 spiro atoms. The Labute approximate surface area is 238 Å². The van der Waals surface area contributed by atoms with E-state index < -0.39 is 63.5 Å². The van der Waals surface area contributed by atoms with E-state index in [2.05, 4.69) is 25.2 Å². The molecule has 0 aliphatic carbocycles. The molecule has 2 aromatic heterocycles. The minimum absolute atomic E-state index is 0.0211. The molecular formula is C25H19F6N5O6S. The highest BCUT2D eigenvalue weighted by atomic mass is 32.2. The Morgan fingerprint density at radius 2 is 1.72 bits per heavy atom. The summed E-state index contributed by atoms with van der Waals surface area (Å²) in [4.78, 5) is 7.22. The second kappa shape index (κ2) is 10.4. The lowest BCUT2D eigenvalue weighted by molar-refractivity contribution is -0.274. The van der Waals surface area contributed by atoms with Gasteiger partial charge in [-0.2, -0.15) is 18.2 Å². The molecule has 2 aromatic carbocycles. The van der Waals surface area contributed by atoms with Crippen molar-refractivity contribution in [3.05, 3.63) is 71.7 Å². The fourth-order valence-electron chi connectivity index (χ4n) is 4.10. The molecule has 228 valence electrons. The minimum atomic E-state index is -5.03. The molecule has 11 nitrogen and oxygen atoms in total. The van der Waals surface area contributed by atoms with Gasteiger partial charge in [0.1, 0.15) is 17.3 Å². The van der Waals surface area contributed by atoms with Crippen LogP contribution in [-0.2, 0) is 28.3 Å². The molecule has 0 saturated carbocycles. The number of aliphatic hydroxyl groups is 2. The van der Waals surface area contributed by atoms with Gasteiger partial charge in [0, 0.05) is 11.1 Å². The molecule has 0 saturated heterocycles. The Hall–Kier alpha value is -4.42. The number of aromatic nitrogens is 3. The summed E-state index contributed by atoms with van der Waals surface area (Å²) in [6, 6.07) is 9.16. The quantitative estimate of drug-likeness (QED) is 0.256. The van der Waals surface area contributed by atoms with E-state index in [4.69, 9.17) is 4.52 Å². The summed E-state index contributed by atoms with van der Waals surface area (Å²) >= 11 is 0. The van der Waals surface area contributed by atoms with E-state index in [9.17, 15) is 45.0 Å². The molecular weight excluding hydrogens is 612 g/mol. The van der Waals surface area contributed by atoms with Crippen LogP contribution in [0.15, 0.2) is 64.0 Å². The number of aliphatic hydroxyl groups excluding tert-OH is 1. The SMILES string of the molecule is CC(O)(CO)c1nc(-c2cccc3c2N(S(=O)(=O)c2ccc(OC(F)(F)F)cc2)Cc2ccc(C(F)(F)F)nc2N3)no1. The van der Waals surface area contributed by atoms with Gasteiger partial charge in [-0.25, -0.2) is 13.4 Å². The molecule has 4 aromatic rings. The van der Waals surface area contributed by atoms with Gasteiger partial charge >= 0.3 is 12.5 Å². The molecule has 1 atom stereocenters. The fraction of sp³-hybridized carbons (Fsp3) is 0.240. The first-order chi connectivity index (χ1) is 20.0. The normalized spacial score (nSPS) is 15.1. The number of benzene rings is 2. The van der Waals surface area contributed by atoms with Gasteiger partial charge in [0.15, 0.2) is 5.60 Å². The molecule has 1 unspecified atom stereocenters. The average Bonchev–Trinajstić information content (AvgIpc) is 3.36. The van der Waals surface area contributed by atoms with E-state index in [0.717, 1.165) is 34.6 Å². The topological polar surface area (TPSA) is 151 Å². The van der Waals surface area contributed by atoms with Crippen LogP contribution in [0.25, 0.3) is 11.4 Å². The number of nitrogens with zero attached hydrogens (tertiary/aromatic N) is 4. The summed E-state index contributed by atoms with van der Waals surface area (Å²) in [5, 5.41) is 26.3. The standard InChI is InChI=1S/C25H19F6N5O6S/c1-23(38,12-37)22-34-21(35-42-22)16-3-2-4-17-19(16)36(11-13-5-10-18(24(26,27)28)33-20(13)32-17)43(39,40)15-8-6-14(7-9-15)41-25(29,30)31/h2-10,37-38H,11-12H2,1H3,(H,32,33). The lowest BCUT2D eigenvalue weighted by Gasteiger charge is -2.26. The molecule has 1 aliphatic heterocycles. The van der Waals surface area contributed by atoms with E-state index in [1.165, 1.54) is 25.1 Å². The van der Waals surface area contributed by atoms with Gasteiger partial charge in [-0.3, -0.25) is 4.31 Å². The Bertz CT molecular complexity index is 1770. The molecule has 18 heteroatoms. The van der Waals surface area contributed by atoms with E-state index in [0.29, 0.717) is 6.07 Å². The smallest absolute Gasteiger partial charge is 0.406 e. The number of fused-ring (bicyclic) bond motifs is 2. The lowest BCUT2D eigenvalue weighted by Crippen LogP contribution is -2.31. The number of ether oxygens (including phenoxy) is 1. The Kier molecular flexibility index (Phi) is 7.26. The average molecular weight is 632 g/mol. The highest BCUT2D eigenvalue weighted by Crippen LogP contribution is 2.45. The Balaban J connectivity index is 1.69. The number of pyridine rings is 1. The number of halogens is 6. The van der Waals surface area contributed by atoms with E-state index in [1.54, 1.807) is 0 Å². The van der Waals surface area contributed by atoms with Gasteiger partial charge in [0.25, 0.3) is 15.9 Å². The number of anilines is 3. The monoisotopic (exact) mass is 631 g/mol. The minimum Gasteiger partial charge on any atom is -0.406 e. The van der Waals surface area contributed by atoms with Crippen LogP contribution in [0.1, 0.15) is 24.1 Å². The van der Waals surface area contributed by atoms with Gasteiger partial charge in [-0.05, 0) is 49.4 Å². The predicted molar refractivity (Wildman–Crippen MR) is 135 cm³/mol. The molecule has 0 amide bonds. The summed E-state index contributed by atoms with van der Waals surface area (Å²) in [7, 11) is -4.67. The Morgan fingerprint density at radius 1 is 1.02 bits per heavy atom. The number of hydrogen-bond acceptors (Lipinski definition) is 10. The predicted octanol–water partition coefficient (Wildman–Crippen LogP) is 4.70. The maximum atomic E-state index is 14.0. The van der Waals surface area contributed by atoms with Gasteiger partial charge < -0.3 is 24.8 Å². The number of alkyl halides is 6. The van der Waals surface area contributed by atoms with Crippen molar-refractivity contribution >= 4 is 27.2 Å². The van der Waals surface area contributed by atoms with Crippen LogP contribution in [0.5, 0.6) is 5.75 Å². The molecule has 5 rings (SSSR count). The van der Waals surface area contributed by atoms with Gasteiger partial charge in [-0.1, -0.05) is 17.3 Å². The molecule has 43 heavy (non-hydrogen) atoms. The van der Waals surface area contributed by atoms with Crippen molar-refractivity contribution in [3.8, 4) is 17.1 Å². The van der Waals surface area contributed by atoms with Crippen LogP contribution in [0.4, 0.5) is 43.5 Å². The summed E-state index contributed by atoms with van der Waals surface area (Å²) in [5.41, 5.74) is -3.45. The number of hydrogen-bond donors (Lipinski definition) is 3. The van der Waals surface area contributed by atoms with Crippen molar-refractivity contribution in [2.75, 3.05) is 16.2 Å². The number of para-hydroxylation sites is 1. The maximum Gasteiger partial charge on any atom is 0.573 e. The van der Waals surface area contributed by atoms with E-state index in [-0.39, 0.29) is 34.1 Å². The first kappa shape index (κ1) is 30.1. The number of rotatable bonds is 6. The highest BCUT2D eigenvalue weighted by molar-refractivity contribution is 7.92. The maximum absolute atomic E-state index is 14.0. The summed E-state index contributed by atoms with van der Waals surface area (Å²) < 4.78 is 116. The van der Waals surface area contributed by atoms with Crippen LogP contribution in [0.2, 0.25) is 0 Å². The van der Waals surface area contributed by atoms with Gasteiger partial charge in [0.2, 0.25) is 5.82 Å². The highest BCUT2D eigenvalue weighted by Gasteiger charge is 2.38. The molecule has 0 bridgehead atoms. The van der Waals surface area contributed by atoms with Gasteiger partial charge in [-0.15, -0.1) is 13.2 Å². The molecule has 0 fully saturated rings. The van der Waals surface area contributed by atoms with Crippen LogP contribution in [0.3, 0.4) is 0 Å². The summed E-state index contributed by atoms with van der Waals surface area (Å²) in [6.07, 6.45) is -9.84. The fourth-order valence-corrected chi connectivity index (χ4v) is 5.58. The largest absolute Gasteiger partial charge is 0.573 e. The zero-order chi connectivity index (χ0) is 31.4. The van der Waals surface area contributed by atoms with Crippen LogP contribution in [0, 0.1) is 0 Å². The van der Waals surface area contributed by atoms with Crippen molar-refractivity contribution in [1.29, 1.82) is 0 Å². The van der Waals surface area contributed by atoms with E-state index in [1.807, 2.05) is 0 Å². The molecule has 3 heterocycles.